The number of amides is 2. The largest absolute Gasteiger partial charge is 0.416 e. The Kier molecular flexibility index (Phi) is 6.32. The number of fused-ring (bicyclic) bond motifs is 3. The first-order valence-electron chi connectivity index (χ1n) is 12.4. The van der Waals surface area contributed by atoms with E-state index in [0.717, 1.165) is 43.5 Å². The van der Waals surface area contributed by atoms with Gasteiger partial charge < -0.3 is 4.90 Å². The summed E-state index contributed by atoms with van der Waals surface area (Å²) in [4.78, 5) is 30.2. The van der Waals surface area contributed by atoms with Gasteiger partial charge in [0.05, 0.1) is 28.7 Å². The number of carbonyl (C=O) groups excluding carboxylic acids is 2. The Hall–Kier alpha value is -2.82. The minimum atomic E-state index is -4.54. The number of aromatic nitrogens is 2. The molecule has 6 nitrogen and oxygen atoms in total. The second-order valence-corrected chi connectivity index (χ2v) is 11.6. The molecule has 0 spiro atoms. The van der Waals surface area contributed by atoms with Gasteiger partial charge in [-0.1, -0.05) is 23.7 Å². The molecule has 11 heteroatoms. The highest BCUT2D eigenvalue weighted by molar-refractivity contribution is 8.18. The van der Waals surface area contributed by atoms with Gasteiger partial charge in [0.1, 0.15) is 0 Å². The zero-order valence-corrected chi connectivity index (χ0v) is 22.0. The first kappa shape index (κ1) is 25.5. The average Bonchev–Trinajstić information content (AvgIpc) is 3.43. The van der Waals surface area contributed by atoms with E-state index in [9.17, 15) is 22.8 Å². The van der Waals surface area contributed by atoms with E-state index in [2.05, 4.69) is 17.0 Å². The molecule has 3 aliphatic rings. The van der Waals surface area contributed by atoms with Crippen LogP contribution in [0.2, 0.25) is 5.02 Å². The summed E-state index contributed by atoms with van der Waals surface area (Å²) in [6, 6.07) is 9.81. The van der Waals surface area contributed by atoms with Crippen LogP contribution in [0.1, 0.15) is 42.4 Å². The molecule has 4 heterocycles. The number of piperidine rings is 1. The molecule has 2 aromatic carbocycles. The molecule has 2 bridgehead atoms. The lowest BCUT2D eigenvalue weighted by Gasteiger charge is -2.39. The Morgan fingerprint density at radius 1 is 1.08 bits per heavy atom. The van der Waals surface area contributed by atoms with Crippen molar-refractivity contribution in [1.29, 1.82) is 0 Å². The number of hydrogen-bond acceptors (Lipinski definition) is 5. The van der Waals surface area contributed by atoms with E-state index in [4.69, 9.17) is 11.6 Å². The van der Waals surface area contributed by atoms with Gasteiger partial charge in [-0.15, -0.1) is 0 Å². The van der Waals surface area contributed by atoms with Crippen LogP contribution >= 0.6 is 23.4 Å². The maximum absolute atomic E-state index is 13.5. The third-order valence-corrected chi connectivity index (χ3v) is 9.04. The number of halogens is 4. The number of imide groups is 1. The molecule has 0 radical (unpaired) electrons. The summed E-state index contributed by atoms with van der Waals surface area (Å²) in [5, 5.41) is 4.80. The first-order valence-corrected chi connectivity index (χ1v) is 13.6. The van der Waals surface area contributed by atoms with E-state index in [1.165, 1.54) is 21.7 Å². The van der Waals surface area contributed by atoms with Crippen molar-refractivity contribution in [2.75, 3.05) is 7.05 Å². The fraction of sp³-hybridized carbons (Fsp3) is 0.370. The third kappa shape index (κ3) is 4.52. The second kappa shape index (κ2) is 9.43. The quantitative estimate of drug-likeness (QED) is 0.345. The fourth-order valence-electron chi connectivity index (χ4n) is 5.97. The predicted octanol–water partition coefficient (Wildman–Crippen LogP) is 6.42. The lowest BCUT2D eigenvalue weighted by Crippen LogP contribution is -2.50. The summed E-state index contributed by atoms with van der Waals surface area (Å²) in [6.45, 7) is -0.0771. The topological polar surface area (TPSA) is 58.4 Å². The molecule has 2 unspecified atom stereocenters. The van der Waals surface area contributed by atoms with Crippen LogP contribution in [0.5, 0.6) is 0 Å². The predicted molar refractivity (Wildman–Crippen MR) is 141 cm³/mol. The minimum absolute atomic E-state index is 0.0173. The molecular formula is C27H24ClF3N4O2S. The first-order chi connectivity index (χ1) is 18.1. The number of rotatable bonds is 4. The van der Waals surface area contributed by atoms with Crippen molar-refractivity contribution < 1.29 is 22.8 Å². The van der Waals surface area contributed by atoms with E-state index in [-0.39, 0.29) is 34.3 Å². The van der Waals surface area contributed by atoms with E-state index >= 15 is 0 Å². The molecule has 1 aromatic heterocycles. The molecule has 38 heavy (non-hydrogen) atoms. The van der Waals surface area contributed by atoms with Crippen LogP contribution in [0.25, 0.3) is 17.0 Å². The second-order valence-electron chi connectivity index (χ2n) is 10.1. The van der Waals surface area contributed by atoms with Gasteiger partial charge in [-0.05, 0) is 86.0 Å². The molecule has 0 aliphatic carbocycles. The van der Waals surface area contributed by atoms with Gasteiger partial charge in [-0.2, -0.15) is 18.3 Å². The van der Waals surface area contributed by atoms with Crippen LogP contribution in [-0.2, 0) is 17.5 Å². The zero-order chi connectivity index (χ0) is 26.8. The van der Waals surface area contributed by atoms with Gasteiger partial charge in [0.2, 0.25) is 0 Å². The third-order valence-electron chi connectivity index (χ3n) is 7.92. The monoisotopic (exact) mass is 560 g/mol. The van der Waals surface area contributed by atoms with Gasteiger partial charge in [-0.25, -0.2) is 0 Å². The van der Waals surface area contributed by atoms with E-state index in [0.29, 0.717) is 33.5 Å². The molecule has 3 saturated heterocycles. The summed E-state index contributed by atoms with van der Waals surface area (Å²) in [5.74, 6) is -0.257. The molecule has 6 rings (SSSR count). The lowest BCUT2D eigenvalue weighted by atomic mass is 9.96. The number of alkyl halides is 3. The number of thioether (sulfide) groups is 1. The molecule has 3 aliphatic heterocycles. The van der Waals surface area contributed by atoms with Crippen molar-refractivity contribution in [3.05, 3.63) is 69.2 Å². The Bertz CT molecular complexity index is 1470. The van der Waals surface area contributed by atoms with Gasteiger partial charge in [-0.3, -0.25) is 19.2 Å². The van der Waals surface area contributed by atoms with Crippen molar-refractivity contribution in [3.63, 3.8) is 0 Å². The summed E-state index contributed by atoms with van der Waals surface area (Å²) in [7, 11) is 2.12. The number of nitrogens with zero attached hydrogens (tertiary/aromatic N) is 4. The molecule has 2 atom stereocenters. The summed E-state index contributed by atoms with van der Waals surface area (Å²) >= 11 is 6.76. The molecule has 0 saturated carbocycles. The summed E-state index contributed by atoms with van der Waals surface area (Å²) < 4.78 is 42.1. The fourth-order valence-corrected chi connectivity index (χ4v) is 7.04. The standard InChI is InChI=1S/C27H24ClF3N4O2S/c1-33-19-5-6-20(33)12-21(11-19)35-25(36)24(38-26(35)37)9-15-2-7-23-17(8-15)13-32-34(23)14-16-3-4-18(28)10-22(16)27(29,30)31/h2-4,7-10,13,19-21H,5-6,11-12,14H2,1H3. The Morgan fingerprint density at radius 3 is 2.53 bits per heavy atom. The SMILES string of the molecule is CN1C2CCC1CC(N1C(=O)SC(=Cc3ccc4c(cnn4Cc4ccc(Cl)cc4C(F)(F)F)c3)C1=O)C2. The minimum Gasteiger partial charge on any atom is -0.300 e. The molecule has 198 valence electrons. The van der Waals surface area contributed by atoms with Gasteiger partial charge in [0.25, 0.3) is 11.1 Å². The Labute approximate surface area is 226 Å². The maximum atomic E-state index is 13.5. The molecule has 3 fully saturated rings. The van der Waals surface area contributed by atoms with Crippen molar-refractivity contribution >= 4 is 51.5 Å². The highest BCUT2D eigenvalue weighted by Gasteiger charge is 2.46. The van der Waals surface area contributed by atoms with Crippen molar-refractivity contribution in [3.8, 4) is 0 Å². The highest BCUT2D eigenvalue weighted by Crippen LogP contribution is 2.41. The lowest BCUT2D eigenvalue weighted by molar-refractivity contribution is -0.138. The maximum Gasteiger partial charge on any atom is 0.416 e. The molecular weight excluding hydrogens is 537 g/mol. The van der Waals surface area contributed by atoms with Gasteiger partial charge in [0, 0.05) is 28.5 Å². The Balaban J connectivity index is 1.23. The molecule has 3 aromatic rings. The van der Waals surface area contributed by atoms with Crippen LogP contribution in [-0.4, -0.2) is 55.9 Å². The normalized spacial score (nSPS) is 25.3. The summed E-state index contributed by atoms with van der Waals surface area (Å²) in [5.41, 5.74) is 0.638. The summed E-state index contributed by atoms with van der Waals surface area (Å²) in [6.07, 6.45) is 2.58. The molecule has 2 amide bonds. The van der Waals surface area contributed by atoms with E-state index in [1.807, 2.05) is 6.07 Å². The average molecular weight is 561 g/mol. The van der Waals surface area contributed by atoms with E-state index < -0.39 is 11.7 Å². The molecule has 0 N–H and O–H groups in total. The van der Waals surface area contributed by atoms with Gasteiger partial charge >= 0.3 is 6.18 Å². The van der Waals surface area contributed by atoms with Crippen LogP contribution in [0, 0.1) is 0 Å². The van der Waals surface area contributed by atoms with Crippen LogP contribution in [0.3, 0.4) is 0 Å². The van der Waals surface area contributed by atoms with Crippen molar-refractivity contribution in [2.45, 2.75) is 56.5 Å². The van der Waals surface area contributed by atoms with Crippen LogP contribution in [0.15, 0.2) is 47.5 Å². The Morgan fingerprint density at radius 2 is 1.82 bits per heavy atom. The number of benzene rings is 2. The number of hydrogen-bond donors (Lipinski definition) is 0. The number of carbonyl (C=O) groups is 2. The van der Waals surface area contributed by atoms with Crippen molar-refractivity contribution in [1.82, 2.24) is 19.6 Å². The van der Waals surface area contributed by atoms with Crippen molar-refractivity contribution in [2.24, 2.45) is 0 Å². The van der Waals surface area contributed by atoms with Gasteiger partial charge in [0.15, 0.2) is 0 Å². The zero-order valence-electron chi connectivity index (χ0n) is 20.4. The van der Waals surface area contributed by atoms with Crippen LogP contribution < -0.4 is 0 Å². The van der Waals surface area contributed by atoms with E-state index in [1.54, 1.807) is 24.4 Å². The highest BCUT2D eigenvalue weighted by atomic mass is 35.5. The van der Waals surface area contributed by atoms with Crippen LogP contribution in [0.4, 0.5) is 18.0 Å². The smallest absolute Gasteiger partial charge is 0.300 e.